The van der Waals surface area contributed by atoms with Gasteiger partial charge in [-0.1, -0.05) is 0 Å². The Bertz CT molecular complexity index is 341. The van der Waals surface area contributed by atoms with Crippen LogP contribution in [0.15, 0.2) is 0 Å². The average molecular weight is 554 g/mol. The second kappa shape index (κ2) is 19.2. The zero-order valence-electron chi connectivity index (χ0n) is 12.5. The molecular formula is C10H22N4O6PtS2. The summed E-state index contributed by atoms with van der Waals surface area (Å²) >= 11 is 7.47. The molecule has 0 aliphatic heterocycles. The molecule has 0 spiro atoms. The molecule has 0 aliphatic carbocycles. The SMILES string of the molecule is CC(=O)NC(CS)C(=O)O.CC(=O)NC(CS)C(=O)O.[NH2-].[NH2-].[Pt+2]. The van der Waals surface area contributed by atoms with Crippen molar-refractivity contribution in [1.82, 2.24) is 10.6 Å². The number of nitrogens with one attached hydrogen (secondary N) is 2. The number of hydrogen-bond acceptors (Lipinski definition) is 6. The Morgan fingerprint density at radius 3 is 1.09 bits per heavy atom. The Kier molecular flexibility index (Phi) is 28.2. The van der Waals surface area contributed by atoms with Crippen molar-refractivity contribution in [3.63, 3.8) is 0 Å². The normalized spacial score (nSPS) is 10.6. The number of rotatable bonds is 6. The molecule has 0 aromatic carbocycles. The molecule has 10 nitrogen and oxygen atoms in total. The molecule has 0 saturated carbocycles. The van der Waals surface area contributed by atoms with Gasteiger partial charge in [-0.15, -0.1) is 0 Å². The van der Waals surface area contributed by atoms with E-state index in [-0.39, 0.29) is 56.7 Å². The molecule has 0 fully saturated rings. The zero-order valence-corrected chi connectivity index (χ0v) is 16.5. The van der Waals surface area contributed by atoms with Gasteiger partial charge in [0, 0.05) is 25.4 Å². The van der Waals surface area contributed by atoms with Crippen molar-refractivity contribution >= 4 is 49.0 Å². The third-order valence-corrected chi connectivity index (χ3v) is 2.45. The van der Waals surface area contributed by atoms with Gasteiger partial charge in [-0.3, -0.25) is 9.59 Å². The van der Waals surface area contributed by atoms with Crippen LogP contribution >= 0.6 is 25.3 Å². The molecule has 23 heavy (non-hydrogen) atoms. The first-order valence-electron chi connectivity index (χ1n) is 5.37. The van der Waals surface area contributed by atoms with Crippen molar-refractivity contribution in [3.8, 4) is 0 Å². The number of thiol groups is 2. The first kappa shape index (κ1) is 33.7. The summed E-state index contributed by atoms with van der Waals surface area (Å²) in [5.74, 6) is -2.64. The van der Waals surface area contributed by atoms with E-state index in [1.54, 1.807) is 0 Å². The Labute approximate surface area is 159 Å². The number of carboxylic acid groups (broad SMARTS) is 2. The van der Waals surface area contributed by atoms with Crippen LogP contribution in [0.5, 0.6) is 0 Å². The van der Waals surface area contributed by atoms with Gasteiger partial charge >= 0.3 is 33.0 Å². The van der Waals surface area contributed by atoms with Crippen LogP contribution in [-0.4, -0.2) is 57.6 Å². The molecule has 0 saturated heterocycles. The fourth-order valence-corrected chi connectivity index (χ4v) is 1.36. The van der Waals surface area contributed by atoms with Gasteiger partial charge in [0.05, 0.1) is 0 Å². The molecule has 13 heteroatoms. The maximum Gasteiger partial charge on any atom is 2.00 e. The number of aliphatic carboxylic acids is 2. The maximum absolute atomic E-state index is 10.3. The van der Waals surface area contributed by atoms with Gasteiger partial charge in [0.2, 0.25) is 11.8 Å². The van der Waals surface area contributed by atoms with Gasteiger partial charge in [-0.2, -0.15) is 25.3 Å². The topological polar surface area (TPSA) is 200 Å². The predicted molar refractivity (Wildman–Crippen MR) is 88.8 cm³/mol. The molecule has 0 heterocycles. The Hall–Kier alpha value is -0.812. The molecule has 0 aromatic rings. The van der Waals surface area contributed by atoms with Crippen LogP contribution in [0.1, 0.15) is 13.8 Å². The van der Waals surface area contributed by atoms with Crippen molar-refractivity contribution in [2.24, 2.45) is 0 Å². The fraction of sp³-hybridized carbons (Fsp3) is 0.600. The van der Waals surface area contributed by atoms with E-state index in [9.17, 15) is 19.2 Å². The summed E-state index contributed by atoms with van der Waals surface area (Å²) in [4.78, 5) is 41.0. The number of carbonyl (C=O) groups is 4. The Morgan fingerprint density at radius 1 is 0.826 bits per heavy atom. The summed E-state index contributed by atoms with van der Waals surface area (Å²) in [5, 5.41) is 21.1. The van der Waals surface area contributed by atoms with Gasteiger partial charge < -0.3 is 33.1 Å². The summed E-state index contributed by atoms with van der Waals surface area (Å²) in [6, 6.07) is -1.75. The van der Waals surface area contributed by atoms with E-state index in [0.29, 0.717) is 0 Å². The van der Waals surface area contributed by atoms with Crippen molar-refractivity contribution in [1.29, 1.82) is 0 Å². The van der Waals surface area contributed by atoms with E-state index in [1.165, 1.54) is 13.8 Å². The number of amides is 2. The van der Waals surface area contributed by atoms with Crippen LogP contribution in [0, 0.1) is 0 Å². The van der Waals surface area contributed by atoms with E-state index in [2.05, 4.69) is 35.9 Å². The third-order valence-electron chi connectivity index (χ3n) is 1.72. The van der Waals surface area contributed by atoms with Crippen LogP contribution in [0.25, 0.3) is 12.3 Å². The first-order chi connectivity index (χ1) is 9.15. The summed E-state index contributed by atoms with van der Waals surface area (Å²) in [6.07, 6.45) is 0. The maximum atomic E-state index is 10.3. The monoisotopic (exact) mass is 553 g/mol. The Morgan fingerprint density at radius 2 is 1.04 bits per heavy atom. The summed E-state index contributed by atoms with van der Waals surface area (Å²) in [6.45, 7) is 2.53. The van der Waals surface area contributed by atoms with Gasteiger partial charge in [0.15, 0.2) is 0 Å². The third kappa shape index (κ3) is 21.2. The average Bonchev–Trinajstić information content (AvgIpc) is 2.32. The number of carboxylic acids is 2. The molecule has 0 rings (SSSR count). The summed E-state index contributed by atoms with van der Waals surface area (Å²) < 4.78 is 0. The summed E-state index contributed by atoms with van der Waals surface area (Å²) in [7, 11) is 0. The minimum Gasteiger partial charge on any atom is -0.693 e. The summed E-state index contributed by atoms with van der Waals surface area (Å²) in [5.41, 5.74) is 0. The van der Waals surface area contributed by atoms with Crippen molar-refractivity contribution in [2.45, 2.75) is 25.9 Å². The molecule has 0 aromatic heterocycles. The van der Waals surface area contributed by atoms with Crippen molar-refractivity contribution in [3.05, 3.63) is 12.3 Å². The standard InChI is InChI=1S/2C5H9NO3S.2H2N.Pt/c2*1-3(7)6-4(2-10)5(8)9;;;/h2*4,10H,2H2,1H3,(H,6,7)(H,8,9);2*1H2;/q;;2*-1;+2. The number of carbonyl (C=O) groups excluding carboxylic acids is 2. The first-order valence-corrected chi connectivity index (χ1v) is 6.63. The predicted octanol–water partition coefficient (Wildman–Crippen LogP) is 0.443. The quantitative estimate of drug-likeness (QED) is 0.258. The molecule has 8 N–H and O–H groups in total. The largest absolute Gasteiger partial charge is 2.00 e. The van der Waals surface area contributed by atoms with E-state index in [4.69, 9.17) is 10.2 Å². The van der Waals surface area contributed by atoms with Crippen LogP contribution in [0.4, 0.5) is 0 Å². The van der Waals surface area contributed by atoms with Gasteiger partial charge in [0.25, 0.3) is 0 Å². The van der Waals surface area contributed by atoms with E-state index in [1.807, 2.05) is 0 Å². The molecule has 2 unspecified atom stereocenters. The molecule has 140 valence electrons. The van der Waals surface area contributed by atoms with Crippen LogP contribution in [0.3, 0.4) is 0 Å². The molecule has 2 amide bonds. The van der Waals surface area contributed by atoms with Crippen LogP contribution in [0.2, 0.25) is 0 Å². The van der Waals surface area contributed by atoms with Crippen molar-refractivity contribution < 1.29 is 50.5 Å². The van der Waals surface area contributed by atoms with Crippen molar-refractivity contribution in [2.75, 3.05) is 11.5 Å². The molecule has 0 aliphatic rings. The second-order valence-electron chi connectivity index (χ2n) is 3.55. The van der Waals surface area contributed by atoms with Gasteiger partial charge in [-0.05, 0) is 0 Å². The van der Waals surface area contributed by atoms with Crippen LogP contribution < -0.4 is 10.6 Å². The molecule has 2 atom stereocenters. The fourth-order valence-electron chi connectivity index (χ4n) is 0.862. The van der Waals surface area contributed by atoms with Crippen LogP contribution in [-0.2, 0) is 40.2 Å². The zero-order chi connectivity index (χ0) is 16.3. The smallest absolute Gasteiger partial charge is 0.693 e. The second-order valence-corrected chi connectivity index (χ2v) is 4.28. The minimum atomic E-state index is -1.06. The number of hydrogen-bond donors (Lipinski definition) is 6. The minimum absolute atomic E-state index is 0. The molecule has 0 radical (unpaired) electrons. The molecule has 0 bridgehead atoms. The number of nitrogens with two attached hydrogens (primary N) is 2. The van der Waals surface area contributed by atoms with E-state index < -0.39 is 24.0 Å². The van der Waals surface area contributed by atoms with E-state index in [0.717, 1.165) is 0 Å². The molecular weight excluding hydrogens is 531 g/mol. The van der Waals surface area contributed by atoms with Gasteiger partial charge in [0.1, 0.15) is 12.1 Å². The van der Waals surface area contributed by atoms with Gasteiger partial charge in [-0.25, -0.2) is 9.59 Å². The van der Waals surface area contributed by atoms with E-state index >= 15 is 0 Å². The Balaban J connectivity index is -0.0000000831.